The summed E-state index contributed by atoms with van der Waals surface area (Å²) < 4.78 is 20.8. The molecule has 4 rings (SSSR count). The summed E-state index contributed by atoms with van der Waals surface area (Å²) in [6.07, 6.45) is -0.693. The Kier molecular flexibility index (Phi) is 13.8. The highest BCUT2D eigenvalue weighted by Crippen LogP contribution is 2.37. The lowest BCUT2D eigenvalue weighted by atomic mass is 10.0. The maximum absolute atomic E-state index is 13.8. The highest BCUT2D eigenvalue weighted by atomic mass is 31.2. The number of carboxylic acids is 1. The van der Waals surface area contributed by atoms with Crippen molar-refractivity contribution in [2.75, 3.05) is 13.2 Å². The molecular formula is C36H38N3O11P. The van der Waals surface area contributed by atoms with Crippen molar-refractivity contribution in [2.45, 2.75) is 44.2 Å². The van der Waals surface area contributed by atoms with Crippen LogP contribution in [0.3, 0.4) is 0 Å². The molecule has 3 amide bonds. The van der Waals surface area contributed by atoms with Gasteiger partial charge in [0.05, 0.1) is 25.8 Å². The van der Waals surface area contributed by atoms with E-state index < -0.39 is 56.0 Å². The summed E-state index contributed by atoms with van der Waals surface area (Å²) in [7, 11) is -4.80. The van der Waals surface area contributed by atoms with Gasteiger partial charge in [0, 0.05) is 12.8 Å². The first-order chi connectivity index (χ1) is 24.3. The molecule has 0 bridgehead atoms. The molecule has 4 aromatic rings. The van der Waals surface area contributed by atoms with E-state index in [1.165, 1.54) is 24.3 Å². The largest absolute Gasteiger partial charge is 0.524 e. The van der Waals surface area contributed by atoms with Crippen LogP contribution in [0.4, 0.5) is 0 Å². The second-order valence-corrected chi connectivity index (χ2v) is 12.7. The Morgan fingerprint density at radius 2 is 1.29 bits per heavy atom. The van der Waals surface area contributed by atoms with E-state index in [1.807, 2.05) is 48.5 Å². The van der Waals surface area contributed by atoms with E-state index in [0.717, 1.165) is 21.9 Å². The van der Waals surface area contributed by atoms with E-state index in [4.69, 9.17) is 19.6 Å². The van der Waals surface area contributed by atoms with Crippen molar-refractivity contribution in [1.29, 1.82) is 0 Å². The summed E-state index contributed by atoms with van der Waals surface area (Å²) in [6, 6.07) is 25.7. The molecule has 1 unspecified atom stereocenters. The predicted molar refractivity (Wildman–Crippen MR) is 185 cm³/mol. The average molecular weight is 720 g/mol. The van der Waals surface area contributed by atoms with Gasteiger partial charge in [0.25, 0.3) is 0 Å². The van der Waals surface area contributed by atoms with E-state index >= 15 is 0 Å². The number of hydrogen-bond acceptors (Lipinski definition) is 8. The lowest BCUT2D eigenvalue weighted by Crippen LogP contribution is -2.55. The smallest absolute Gasteiger partial charge is 0.481 e. The number of hydrogen-bond donors (Lipinski definition) is 6. The highest BCUT2D eigenvalue weighted by molar-refractivity contribution is 7.46. The number of phosphoric ester groups is 1. The first kappa shape index (κ1) is 38.2. The van der Waals surface area contributed by atoms with Crippen LogP contribution in [0.1, 0.15) is 29.5 Å². The summed E-state index contributed by atoms with van der Waals surface area (Å²) in [4.78, 5) is 81.2. The molecule has 0 saturated carbocycles. The maximum Gasteiger partial charge on any atom is 0.524 e. The summed E-state index contributed by atoms with van der Waals surface area (Å²) in [5.41, 5.74) is 2.00. The van der Waals surface area contributed by atoms with Gasteiger partial charge in [0.1, 0.15) is 24.4 Å². The third-order valence-corrected chi connectivity index (χ3v) is 7.99. The Bertz CT molecular complexity index is 1880. The zero-order valence-corrected chi connectivity index (χ0v) is 28.3. The normalized spacial score (nSPS) is 12.3. The summed E-state index contributed by atoms with van der Waals surface area (Å²) in [5.74, 6) is -3.73. The van der Waals surface area contributed by atoms with Crippen LogP contribution in [-0.4, -0.2) is 69.8 Å². The second kappa shape index (κ2) is 18.4. The fourth-order valence-electron chi connectivity index (χ4n) is 5.12. The Hall–Kier alpha value is -5.56. The molecule has 51 heavy (non-hydrogen) atoms. The van der Waals surface area contributed by atoms with Crippen LogP contribution in [-0.2, 0) is 52.5 Å². The highest BCUT2D eigenvalue weighted by Gasteiger charge is 2.28. The minimum absolute atomic E-state index is 0.00152. The number of carboxylic acid groups (broad SMARTS) is 1. The first-order valence-corrected chi connectivity index (χ1v) is 17.5. The molecule has 15 heteroatoms. The molecule has 4 aromatic carbocycles. The van der Waals surface area contributed by atoms with Crippen LogP contribution in [0.5, 0.6) is 5.75 Å². The Balaban J connectivity index is 1.49. The van der Waals surface area contributed by atoms with Gasteiger partial charge < -0.3 is 30.3 Å². The molecule has 0 aromatic heterocycles. The van der Waals surface area contributed by atoms with Crippen LogP contribution in [0.2, 0.25) is 0 Å². The molecule has 6 N–H and O–H groups in total. The number of aliphatic carboxylic acids is 1. The number of phosphoric acid groups is 1. The van der Waals surface area contributed by atoms with Crippen LogP contribution in [0.25, 0.3) is 10.8 Å². The molecule has 268 valence electrons. The van der Waals surface area contributed by atoms with Gasteiger partial charge in [-0.2, -0.15) is 0 Å². The zero-order valence-electron chi connectivity index (χ0n) is 27.4. The fraction of sp³-hybridized carbons (Fsp3) is 0.250. The van der Waals surface area contributed by atoms with Crippen LogP contribution >= 0.6 is 7.82 Å². The Morgan fingerprint density at radius 1 is 0.686 bits per heavy atom. The average Bonchev–Trinajstić information content (AvgIpc) is 3.09. The van der Waals surface area contributed by atoms with Crippen LogP contribution in [0.15, 0.2) is 97.1 Å². The molecule has 0 radical (unpaired) electrons. The molecule has 0 aliphatic rings. The Morgan fingerprint density at radius 3 is 1.96 bits per heavy atom. The molecule has 0 spiro atoms. The number of nitrogens with one attached hydrogen (secondary N) is 3. The minimum atomic E-state index is -4.80. The van der Waals surface area contributed by atoms with E-state index in [0.29, 0.717) is 5.56 Å². The summed E-state index contributed by atoms with van der Waals surface area (Å²) in [6.45, 7) is -0.393. The molecular weight excluding hydrogens is 681 g/mol. The zero-order chi connectivity index (χ0) is 36.8. The van der Waals surface area contributed by atoms with Crippen molar-refractivity contribution in [3.8, 4) is 5.75 Å². The van der Waals surface area contributed by atoms with Gasteiger partial charge >= 0.3 is 19.8 Å². The van der Waals surface area contributed by atoms with Crippen molar-refractivity contribution < 1.29 is 52.7 Å². The van der Waals surface area contributed by atoms with Gasteiger partial charge in [-0.05, 0) is 39.6 Å². The molecule has 0 aliphatic carbocycles. The van der Waals surface area contributed by atoms with Crippen molar-refractivity contribution in [1.82, 2.24) is 16.0 Å². The third-order valence-electron chi connectivity index (χ3n) is 7.54. The Labute approximate surface area is 293 Å². The molecule has 0 aliphatic heterocycles. The number of benzene rings is 4. The standard InChI is InChI=1S/C36H38N3O11P/c40-32(23-26-10-13-27-8-4-5-9-28(27)20-26)38-31(21-24-6-2-1-3-7-24)36(45)39-30(22-25-11-14-29(15-12-25)50-51(46,47)48)35(44)37-18-19-49-34(43)17-16-33(41)42/h1-15,20,30-31H,16-19,21-23H2,(H,37,44)(H,38,40)(H,39,45)(H,41,42)(H2,46,47,48)/t30?,31-/m0/s1. The quantitative estimate of drug-likeness (QED) is 0.0499. The number of ether oxygens (including phenoxy) is 1. The van der Waals surface area contributed by atoms with Crippen LogP contribution in [0, 0.1) is 0 Å². The molecule has 14 nitrogen and oxygen atoms in total. The number of rotatable bonds is 18. The minimum Gasteiger partial charge on any atom is -0.481 e. The van der Waals surface area contributed by atoms with Crippen LogP contribution < -0.4 is 20.5 Å². The van der Waals surface area contributed by atoms with Crippen molar-refractivity contribution in [2.24, 2.45) is 0 Å². The van der Waals surface area contributed by atoms with E-state index in [1.54, 1.807) is 24.3 Å². The monoisotopic (exact) mass is 719 g/mol. The topological polar surface area (TPSA) is 218 Å². The molecule has 0 heterocycles. The van der Waals surface area contributed by atoms with E-state index in [9.17, 15) is 28.5 Å². The first-order valence-electron chi connectivity index (χ1n) is 15.9. The van der Waals surface area contributed by atoms with Gasteiger partial charge in [0.2, 0.25) is 17.7 Å². The van der Waals surface area contributed by atoms with Crippen molar-refractivity contribution in [3.63, 3.8) is 0 Å². The number of esters is 1. The van der Waals surface area contributed by atoms with Gasteiger partial charge in [-0.3, -0.25) is 33.8 Å². The number of carbonyl (C=O) groups is 5. The van der Waals surface area contributed by atoms with Gasteiger partial charge in [0.15, 0.2) is 0 Å². The molecule has 0 fully saturated rings. The van der Waals surface area contributed by atoms with E-state index in [2.05, 4.69) is 20.5 Å². The van der Waals surface area contributed by atoms with Gasteiger partial charge in [-0.1, -0.05) is 84.9 Å². The third kappa shape index (κ3) is 13.3. The summed E-state index contributed by atoms with van der Waals surface area (Å²) in [5, 5.41) is 18.8. The van der Waals surface area contributed by atoms with Gasteiger partial charge in [-0.15, -0.1) is 0 Å². The number of carbonyl (C=O) groups excluding carboxylic acids is 4. The SMILES string of the molecule is O=C(O)CCC(=O)OCCNC(=O)C(Cc1ccc(OP(=O)(O)O)cc1)NC(=O)[C@H](Cc1ccccc1)NC(=O)Cc1ccc2ccccc2c1. The lowest BCUT2D eigenvalue weighted by Gasteiger charge is -2.24. The van der Waals surface area contributed by atoms with E-state index in [-0.39, 0.29) is 44.6 Å². The maximum atomic E-state index is 13.8. The second-order valence-electron chi connectivity index (χ2n) is 11.6. The van der Waals surface area contributed by atoms with Crippen molar-refractivity contribution >= 4 is 48.3 Å². The van der Waals surface area contributed by atoms with Gasteiger partial charge in [-0.25, -0.2) is 4.57 Å². The molecule has 2 atom stereocenters. The summed E-state index contributed by atoms with van der Waals surface area (Å²) >= 11 is 0. The number of fused-ring (bicyclic) bond motifs is 1. The lowest BCUT2D eigenvalue weighted by molar-refractivity contribution is -0.147. The predicted octanol–water partition coefficient (Wildman–Crippen LogP) is 2.83. The van der Waals surface area contributed by atoms with Crippen molar-refractivity contribution in [3.05, 3.63) is 114 Å². The number of amides is 3. The molecule has 0 saturated heterocycles. The fourth-order valence-corrected chi connectivity index (χ4v) is 5.52.